The number of anilines is 1. The highest BCUT2D eigenvalue weighted by atomic mass is 79.9. The molecule has 1 amide bonds. The van der Waals surface area contributed by atoms with Crippen LogP contribution in [0.15, 0.2) is 47.1 Å². The van der Waals surface area contributed by atoms with Crippen molar-refractivity contribution in [2.24, 2.45) is 0 Å². The van der Waals surface area contributed by atoms with Gasteiger partial charge in [0.2, 0.25) is 5.91 Å². The van der Waals surface area contributed by atoms with Gasteiger partial charge in [-0.3, -0.25) is 4.79 Å². The number of amides is 1. The van der Waals surface area contributed by atoms with Gasteiger partial charge in [-0.2, -0.15) is 0 Å². The summed E-state index contributed by atoms with van der Waals surface area (Å²) in [6.45, 7) is 3.47. The summed E-state index contributed by atoms with van der Waals surface area (Å²) in [5, 5.41) is 2.85. The van der Waals surface area contributed by atoms with E-state index in [0.717, 1.165) is 23.0 Å². The van der Waals surface area contributed by atoms with Gasteiger partial charge in [-0.1, -0.05) is 18.7 Å². The Morgan fingerprint density at radius 2 is 2.25 bits per heavy atom. The lowest BCUT2D eigenvalue weighted by Crippen LogP contribution is -2.11. The zero-order chi connectivity index (χ0) is 11.8. The van der Waals surface area contributed by atoms with E-state index in [1.54, 1.807) is 0 Å². The minimum atomic E-state index is 0.0318. The van der Waals surface area contributed by atoms with Crippen LogP contribution in [0.1, 0.15) is 19.3 Å². The Bertz CT molecular complexity index is 408. The lowest BCUT2D eigenvalue weighted by molar-refractivity contribution is -0.116. The fourth-order valence-corrected chi connectivity index (χ4v) is 1.63. The molecule has 1 rings (SSSR count). The van der Waals surface area contributed by atoms with Gasteiger partial charge in [0, 0.05) is 10.9 Å². The molecular weight excluding hydrogens is 266 g/mol. The van der Waals surface area contributed by atoms with Gasteiger partial charge in [0.05, 0.1) is 5.69 Å². The van der Waals surface area contributed by atoms with E-state index in [2.05, 4.69) is 33.6 Å². The minimum absolute atomic E-state index is 0.0318. The molecule has 0 heterocycles. The lowest BCUT2D eigenvalue weighted by atomic mass is 10.2. The van der Waals surface area contributed by atoms with E-state index < -0.39 is 0 Å². The van der Waals surface area contributed by atoms with Crippen LogP contribution < -0.4 is 5.32 Å². The summed E-state index contributed by atoms with van der Waals surface area (Å²) >= 11 is 3.38. The van der Waals surface area contributed by atoms with Crippen molar-refractivity contribution in [2.45, 2.75) is 19.3 Å². The summed E-state index contributed by atoms with van der Waals surface area (Å²) in [6, 6.07) is 7.57. The summed E-state index contributed by atoms with van der Waals surface area (Å²) < 4.78 is 0.898. The molecule has 0 aliphatic heterocycles. The smallest absolute Gasteiger partial charge is 0.224 e. The lowest BCUT2D eigenvalue weighted by Gasteiger charge is -2.06. The maximum atomic E-state index is 11.5. The van der Waals surface area contributed by atoms with Crippen molar-refractivity contribution in [1.29, 1.82) is 0 Å². The van der Waals surface area contributed by atoms with Crippen molar-refractivity contribution in [3.05, 3.63) is 47.1 Å². The topological polar surface area (TPSA) is 29.1 Å². The van der Waals surface area contributed by atoms with Crippen LogP contribution in [0.3, 0.4) is 0 Å². The molecule has 0 aromatic heterocycles. The number of hydrogen-bond donors (Lipinski definition) is 1. The van der Waals surface area contributed by atoms with Crippen LogP contribution in [0.2, 0.25) is 0 Å². The van der Waals surface area contributed by atoms with Crippen LogP contribution >= 0.6 is 15.9 Å². The summed E-state index contributed by atoms with van der Waals surface area (Å²) in [4.78, 5) is 11.5. The first-order valence-corrected chi connectivity index (χ1v) is 5.92. The van der Waals surface area contributed by atoms with Gasteiger partial charge in [0.25, 0.3) is 0 Å². The van der Waals surface area contributed by atoms with E-state index >= 15 is 0 Å². The predicted molar refractivity (Wildman–Crippen MR) is 70.3 cm³/mol. The van der Waals surface area contributed by atoms with Gasteiger partial charge < -0.3 is 5.32 Å². The Kier molecular flexibility index (Phi) is 5.62. The molecule has 1 aromatic rings. The number of carbonyl (C=O) groups is 1. The first-order valence-electron chi connectivity index (χ1n) is 5.12. The first-order chi connectivity index (χ1) is 7.74. The highest BCUT2D eigenvalue weighted by Crippen LogP contribution is 2.21. The van der Waals surface area contributed by atoms with E-state index in [1.165, 1.54) is 0 Å². The number of allylic oxidation sites excluding steroid dienone is 1. The van der Waals surface area contributed by atoms with Crippen LogP contribution in [0.25, 0.3) is 0 Å². The van der Waals surface area contributed by atoms with E-state index in [9.17, 15) is 4.79 Å². The Morgan fingerprint density at radius 3 is 2.94 bits per heavy atom. The molecule has 2 nitrogen and oxygen atoms in total. The third-order valence-corrected chi connectivity index (χ3v) is 2.74. The maximum absolute atomic E-state index is 11.5. The molecule has 0 aliphatic carbocycles. The van der Waals surface area contributed by atoms with Crippen LogP contribution in [0, 0.1) is 0 Å². The molecule has 1 aromatic carbocycles. The van der Waals surface area contributed by atoms with Crippen LogP contribution in [-0.2, 0) is 4.79 Å². The molecule has 0 atom stereocenters. The van der Waals surface area contributed by atoms with E-state index in [0.29, 0.717) is 6.42 Å². The number of carbonyl (C=O) groups excluding carboxylic acids is 1. The molecule has 0 saturated carbocycles. The molecule has 0 unspecified atom stereocenters. The van der Waals surface area contributed by atoms with Gasteiger partial charge >= 0.3 is 0 Å². The molecule has 3 heteroatoms. The monoisotopic (exact) mass is 279 g/mol. The number of halogens is 1. The normalized spacial score (nSPS) is 9.31. The molecule has 0 radical (unpaired) electrons. The average molecular weight is 280 g/mol. The van der Waals surface area contributed by atoms with Gasteiger partial charge in [0.15, 0.2) is 0 Å². The molecule has 0 aliphatic rings. The van der Waals surface area contributed by atoms with Crippen LogP contribution in [0.4, 0.5) is 5.69 Å². The molecule has 84 valence electrons. The molecule has 0 bridgehead atoms. The molecule has 16 heavy (non-hydrogen) atoms. The standard InChI is InChI=1S/C13H14BrNO/c1-2-3-4-5-10-13(16)15-12-9-7-6-8-11(12)14/h3,6-9H,1,4-5,10H2,(H,15,16). The summed E-state index contributed by atoms with van der Waals surface area (Å²) in [7, 11) is 0. The van der Waals surface area contributed by atoms with Gasteiger partial charge in [-0.25, -0.2) is 0 Å². The Labute approximate surface area is 104 Å². The molecule has 0 spiro atoms. The van der Waals surface area contributed by atoms with Crippen molar-refractivity contribution in [1.82, 2.24) is 0 Å². The minimum Gasteiger partial charge on any atom is -0.325 e. The van der Waals surface area contributed by atoms with Crippen molar-refractivity contribution in [3.8, 4) is 0 Å². The van der Waals surface area contributed by atoms with Crippen LogP contribution in [0.5, 0.6) is 0 Å². The Morgan fingerprint density at radius 1 is 1.50 bits per heavy atom. The highest BCUT2D eigenvalue weighted by Gasteiger charge is 2.03. The van der Waals surface area contributed by atoms with E-state index in [-0.39, 0.29) is 5.91 Å². The van der Waals surface area contributed by atoms with Crippen molar-refractivity contribution in [2.75, 3.05) is 5.32 Å². The van der Waals surface area contributed by atoms with Gasteiger partial charge in [-0.15, -0.1) is 5.73 Å². The second-order valence-electron chi connectivity index (χ2n) is 3.33. The number of rotatable bonds is 5. The maximum Gasteiger partial charge on any atom is 0.224 e. The Hall–Kier alpha value is -1.31. The number of unbranched alkanes of at least 4 members (excludes halogenated alkanes) is 1. The van der Waals surface area contributed by atoms with E-state index in [4.69, 9.17) is 0 Å². The van der Waals surface area contributed by atoms with Crippen LogP contribution in [-0.4, -0.2) is 5.91 Å². The third-order valence-electron chi connectivity index (χ3n) is 2.04. The van der Waals surface area contributed by atoms with Crippen molar-refractivity contribution < 1.29 is 4.79 Å². The summed E-state index contributed by atoms with van der Waals surface area (Å²) in [5.41, 5.74) is 3.50. The second-order valence-corrected chi connectivity index (χ2v) is 4.18. The van der Waals surface area contributed by atoms with Crippen molar-refractivity contribution >= 4 is 27.5 Å². The summed E-state index contributed by atoms with van der Waals surface area (Å²) in [6.07, 6.45) is 4.01. The predicted octanol–water partition coefficient (Wildman–Crippen LogP) is 3.90. The fourth-order valence-electron chi connectivity index (χ4n) is 1.24. The second kappa shape index (κ2) is 7.04. The molecule has 0 fully saturated rings. The van der Waals surface area contributed by atoms with Gasteiger partial charge in [-0.05, 0) is 47.0 Å². The number of para-hydroxylation sites is 1. The molecule has 0 saturated heterocycles. The number of hydrogen-bond acceptors (Lipinski definition) is 1. The zero-order valence-electron chi connectivity index (χ0n) is 9.00. The van der Waals surface area contributed by atoms with Gasteiger partial charge in [0.1, 0.15) is 0 Å². The Balaban J connectivity index is 2.40. The fraction of sp³-hybridized carbons (Fsp3) is 0.231. The third kappa shape index (κ3) is 4.47. The largest absolute Gasteiger partial charge is 0.325 e. The SMILES string of the molecule is C=C=CCCCC(=O)Nc1ccccc1Br. The number of benzene rings is 1. The van der Waals surface area contributed by atoms with E-state index in [1.807, 2.05) is 30.3 Å². The number of nitrogens with one attached hydrogen (secondary N) is 1. The average Bonchev–Trinajstić information content (AvgIpc) is 2.28. The molecule has 1 N–H and O–H groups in total. The zero-order valence-corrected chi connectivity index (χ0v) is 10.6. The summed E-state index contributed by atoms with van der Waals surface area (Å²) in [5.74, 6) is 0.0318. The first kappa shape index (κ1) is 12.8. The highest BCUT2D eigenvalue weighted by molar-refractivity contribution is 9.10. The quantitative estimate of drug-likeness (QED) is 0.643. The van der Waals surface area contributed by atoms with Crippen molar-refractivity contribution in [3.63, 3.8) is 0 Å². The molecular formula is C13H14BrNO.